The number of aryl methyl sites for hydroxylation is 1. The lowest BCUT2D eigenvalue weighted by Crippen LogP contribution is -2.19. The van der Waals surface area contributed by atoms with Crippen LogP contribution in [-0.2, 0) is 0 Å². The third-order valence-corrected chi connectivity index (χ3v) is 3.52. The number of benzene rings is 1. The fourth-order valence-electron chi connectivity index (χ4n) is 1.20. The third-order valence-electron chi connectivity index (χ3n) is 1.95. The maximum absolute atomic E-state index is 11.7. The molecule has 0 saturated heterocycles. The van der Waals surface area contributed by atoms with Crippen molar-refractivity contribution in [1.29, 1.82) is 0 Å². The Morgan fingerprint density at radius 1 is 1.28 bits per heavy atom. The number of carbonyl (C=O) groups excluding carboxylic acids is 1. The number of rotatable bonds is 2. The molecule has 1 aromatic carbocycles. The normalized spacial score (nSPS) is 10.2. The third kappa shape index (κ3) is 3.10. The zero-order chi connectivity index (χ0) is 13.1. The van der Waals surface area contributed by atoms with Gasteiger partial charge in [-0.1, -0.05) is 40.6 Å². The molecule has 0 aliphatic carbocycles. The Hall–Kier alpha value is -1.37. The maximum Gasteiger partial charge on any atom is 0.325 e. The van der Waals surface area contributed by atoms with Crippen LogP contribution in [0, 0.1) is 6.92 Å². The fraction of sp³-hybridized carbons (Fsp3) is 0.100. The minimum Gasteiger partial charge on any atom is -0.306 e. The second-order valence-electron chi connectivity index (χ2n) is 3.31. The molecule has 94 valence electrons. The van der Waals surface area contributed by atoms with Gasteiger partial charge in [0.05, 0.1) is 15.7 Å². The van der Waals surface area contributed by atoms with E-state index < -0.39 is 6.03 Å². The molecule has 8 heteroatoms. The van der Waals surface area contributed by atoms with E-state index >= 15 is 0 Å². The van der Waals surface area contributed by atoms with Gasteiger partial charge in [-0.2, -0.15) is 0 Å². The van der Waals surface area contributed by atoms with Gasteiger partial charge in [-0.3, -0.25) is 5.32 Å². The van der Waals surface area contributed by atoms with Gasteiger partial charge in [0.15, 0.2) is 0 Å². The van der Waals surface area contributed by atoms with Crippen molar-refractivity contribution in [3.8, 4) is 0 Å². The van der Waals surface area contributed by atoms with Crippen molar-refractivity contribution < 1.29 is 4.79 Å². The summed E-state index contributed by atoms with van der Waals surface area (Å²) in [5.41, 5.74) is 0.433. The molecule has 2 rings (SSSR count). The highest BCUT2D eigenvalue weighted by molar-refractivity contribution is 7.15. The summed E-state index contributed by atoms with van der Waals surface area (Å²) in [6.07, 6.45) is 0. The summed E-state index contributed by atoms with van der Waals surface area (Å²) in [5.74, 6) is 0. The first kappa shape index (κ1) is 13.1. The summed E-state index contributed by atoms with van der Waals surface area (Å²) in [4.78, 5) is 11.7. The van der Waals surface area contributed by atoms with E-state index in [0.29, 0.717) is 20.9 Å². The Bertz CT molecular complexity index is 587. The van der Waals surface area contributed by atoms with Crippen LogP contribution in [-0.4, -0.2) is 16.2 Å². The molecule has 0 bridgehead atoms. The van der Waals surface area contributed by atoms with Gasteiger partial charge >= 0.3 is 6.03 Å². The van der Waals surface area contributed by atoms with E-state index in [0.717, 1.165) is 5.01 Å². The monoisotopic (exact) mass is 302 g/mol. The van der Waals surface area contributed by atoms with Gasteiger partial charge in [0.25, 0.3) is 0 Å². The number of urea groups is 1. The van der Waals surface area contributed by atoms with Crippen LogP contribution < -0.4 is 10.6 Å². The predicted molar refractivity (Wildman–Crippen MR) is 73.7 cm³/mol. The van der Waals surface area contributed by atoms with Crippen molar-refractivity contribution in [3.05, 3.63) is 33.3 Å². The minimum absolute atomic E-state index is 0.294. The van der Waals surface area contributed by atoms with E-state index in [2.05, 4.69) is 20.8 Å². The highest BCUT2D eigenvalue weighted by Gasteiger charge is 2.09. The average molecular weight is 303 g/mol. The Labute approximate surface area is 117 Å². The molecular weight excluding hydrogens is 295 g/mol. The van der Waals surface area contributed by atoms with Gasteiger partial charge in [-0.15, -0.1) is 10.2 Å². The molecule has 0 saturated carbocycles. The Balaban J connectivity index is 2.05. The summed E-state index contributed by atoms with van der Waals surface area (Å²) < 4.78 is 0. The number of anilines is 2. The molecule has 0 aliphatic rings. The van der Waals surface area contributed by atoms with Crippen LogP contribution in [0.4, 0.5) is 15.6 Å². The molecule has 0 unspecified atom stereocenters. The molecule has 0 spiro atoms. The summed E-state index contributed by atoms with van der Waals surface area (Å²) in [5, 5.41) is 14.6. The highest BCUT2D eigenvalue weighted by atomic mass is 35.5. The van der Waals surface area contributed by atoms with Gasteiger partial charge in [0, 0.05) is 0 Å². The van der Waals surface area contributed by atoms with Crippen molar-refractivity contribution >= 4 is 51.4 Å². The lowest BCUT2D eigenvalue weighted by molar-refractivity contribution is 0.262. The first-order valence-electron chi connectivity index (χ1n) is 4.88. The van der Waals surface area contributed by atoms with E-state index in [4.69, 9.17) is 23.2 Å². The topological polar surface area (TPSA) is 66.9 Å². The van der Waals surface area contributed by atoms with Crippen LogP contribution >= 0.6 is 34.5 Å². The molecule has 0 atom stereocenters. The molecule has 2 N–H and O–H groups in total. The summed E-state index contributed by atoms with van der Waals surface area (Å²) in [6.45, 7) is 1.80. The van der Waals surface area contributed by atoms with Crippen LogP contribution in [0.3, 0.4) is 0 Å². The summed E-state index contributed by atoms with van der Waals surface area (Å²) in [7, 11) is 0. The maximum atomic E-state index is 11.7. The van der Waals surface area contributed by atoms with Crippen LogP contribution in [0.2, 0.25) is 10.0 Å². The molecule has 1 aromatic heterocycles. The minimum atomic E-state index is -0.449. The summed E-state index contributed by atoms with van der Waals surface area (Å²) >= 11 is 13.1. The number of halogens is 2. The Morgan fingerprint density at radius 2 is 2.06 bits per heavy atom. The number of nitrogens with zero attached hydrogens (tertiary/aromatic N) is 2. The second-order valence-corrected chi connectivity index (χ2v) is 5.27. The van der Waals surface area contributed by atoms with Gasteiger partial charge in [0.2, 0.25) is 5.13 Å². The standard InChI is InChI=1S/C10H8Cl2N4OS/c1-5-15-16-10(18-5)14-9(17)13-7-4-2-3-6(11)8(7)12/h2-4H,1H3,(H2,13,14,16,17). The molecule has 18 heavy (non-hydrogen) atoms. The van der Waals surface area contributed by atoms with Gasteiger partial charge in [-0.05, 0) is 19.1 Å². The second kappa shape index (κ2) is 5.51. The van der Waals surface area contributed by atoms with E-state index in [1.54, 1.807) is 25.1 Å². The van der Waals surface area contributed by atoms with Gasteiger partial charge < -0.3 is 5.32 Å². The number of carbonyl (C=O) groups is 1. The van der Waals surface area contributed by atoms with E-state index in [1.807, 2.05) is 0 Å². The number of hydrogen-bond donors (Lipinski definition) is 2. The SMILES string of the molecule is Cc1nnc(NC(=O)Nc2cccc(Cl)c2Cl)s1. The van der Waals surface area contributed by atoms with Crippen LogP contribution in [0.15, 0.2) is 18.2 Å². The number of nitrogens with one attached hydrogen (secondary N) is 2. The van der Waals surface area contributed by atoms with E-state index in [1.165, 1.54) is 11.3 Å². The molecule has 2 amide bonds. The predicted octanol–water partition coefficient (Wildman–Crippen LogP) is 3.80. The van der Waals surface area contributed by atoms with Crippen molar-refractivity contribution in [2.45, 2.75) is 6.92 Å². The smallest absolute Gasteiger partial charge is 0.306 e. The molecular formula is C10H8Cl2N4OS. The molecule has 2 aromatic rings. The van der Waals surface area contributed by atoms with Crippen LogP contribution in [0.25, 0.3) is 0 Å². The highest BCUT2D eigenvalue weighted by Crippen LogP contribution is 2.29. The number of hydrogen-bond acceptors (Lipinski definition) is 4. The quantitative estimate of drug-likeness (QED) is 0.886. The van der Waals surface area contributed by atoms with Crippen molar-refractivity contribution in [2.24, 2.45) is 0 Å². The first-order valence-corrected chi connectivity index (χ1v) is 6.45. The van der Waals surface area contributed by atoms with Crippen LogP contribution in [0.5, 0.6) is 0 Å². The molecule has 0 aliphatic heterocycles. The van der Waals surface area contributed by atoms with Crippen LogP contribution in [0.1, 0.15) is 5.01 Å². The molecule has 5 nitrogen and oxygen atoms in total. The van der Waals surface area contributed by atoms with Crippen molar-refractivity contribution in [1.82, 2.24) is 10.2 Å². The fourth-order valence-corrected chi connectivity index (χ4v) is 2.13. The van der Waals surface area contributed by atoms with E-state index in [-0.39, 0.29) is 0 Å². The zero-order valence-corrected chi connectivity index (χ0v) is 11.5. The van der Waals surface area contributed by atoms with Gasteiger partial charge in [0.1, 0.15) is 5.01 Å². The van der Waals surface area contributed by atoms with Crippen molar-refractivity contribution in [3.63, 3.8) is 0 Å². The molecule has 0 radical (unpaired) electrons. The van der Waals surface area contributed by atoms with Crippen molar-refractivity contribution in [2.75, 3.05) is 10.6 Å². The lowest BCUT2D eigenvalue weighted by atomic mass is 10.3. The van der Waals surface area contributed by atoms with Gasteiger partial charge in [-0.25, -0.2) is 4.79 Å². The molecule has 1 heterocycles. The zero-order valence-electron chi connectivity index (χ0n) is 9.20. The Morgan fingerprint density at radius 3 is 2.72 bits per heavy atom. The largest absolute Gasteiger partial charge is 0.325 e. The van der Waals surface area contributed by atoms with E-state index in [9.17, 15) is 4.79 Å². The lowest BCUT2D eigenvalue weighted by Gasteiger charge is -2.07. The number of amides is 2. The Kier molecular flexibility index (Phi) is 4.00. The molecule has 0 fully saturated rings. The number of aromatic nitrogens is 2. The first-order chi connectivity index (χ1) is 8.56. The summed E-state index contributed by atoms with van der Waals surface area (Å²) in [6, 6.07) is 4.54. The average Bonchev–Trinajstić information content (AvgIpc) is 2.70.